The number of fused-ring (bicyclic) bond motifs is 2. The molecule has 2 nitrogen and oxygen atoms in total. The Morgan fingerprint density at radius 3 is 2.58 bits per heavy atom. The van der Waals surface area contributed by atoms with Gasteiger partial charge in [-0.15, -0.1) is 0 Å². The van der Waals surface area contributed by atoms with Crippen LogP contribution in [0.15, 0.2) is 72.0 Å². The number of nitrogens with zero attached hydrogens (tertiary/aromatic N) is 1. The van der Waals surface area contributed by atoms with Crippen molar-refractivity contribution in [3.05, 3.63) is 77.5 Å². The van der Waals surface area contributed by atoms with Gasteiger partial charge in [0.2, 0.25) is 0 Å². The van der Waals surface area contributed by atoms with Gasteiger partial charge in [-0.3, -0.25) is 4.79 Å². The van der Waals surface area contributed by atoms with Crippen molar-refractivity contribution in [1.82, 2.24) is 0 Å². The number of rotatable bonds is 2. The third-order valence-electron chi connectivity index (χ3n) is 6.05. The Morgan fingerprint density at radius 2 is 1.69 bits per heavy atom. The van der Waals surface area contributed by atoms with Crippen LogP contribution in [0.5, 0.6) is 0 Å². The quantitative estimate of drug-likeness (QED) is 0.739. The standard InChI is InChI=1S/C24H23NO/c26-23-10-7-18-6-9-22(15-21(18)16-23)25-13-12-20-14-19(8-11-24(20)25)17-4-2-1-3-5-17/h1-5,8,11,14-16,18H,6-7,9-10,12-13H2. The lowest BCUT2D eigenvalue weighted by molar-refractivity contribution is -0.115. The van der Waals surface area contributed by atoms with Crippen LogP contribution in [-0.4, -0.2) is 12.3 Å². The van der Waals surface area contributed by atoms with Crippen LogP contribution >= 0.6 is 0 Å². The summed E-state index contributed by atoms with van der Waals surface area (Å²) in [5.74, 6) is 0.891. The number of hydrogen-bond donors (Lipinski definition) is 0. The van der Waals surface area contributed by atoms with Crippen molar-refractivity contribution in [3.8, 4) is 11.1 Å². The minimum absolute atomic E-state index is 0.295. The molecule has 0 amide bonds. The van der Waals surface area contributed by atoms with Crippen molar-refractivity contribution in [2.45, 2.75) is 32.1 Å². The number of hydrogen-bond acceptors (Lipinski definition) is 2. The fraction of sp³-hybridized carbons (Fsp3) is 0.292. The molecule has 0 aromatic heterocycles. The summed E-state index contributed by atoms with van der Waals surface area (Å²) < 4.78 is 0. The molecule has 0 bridgehead atoms. The second kappa shape index (κ2) is 6.28. The lowest BCUT2D eigenvalue weighted by Crippen LogP contribution is -2.25. The highest BCUT2D eigenvalue weighted by atomic mass is 16.1. The minimum atomic E-state index is 0.295. The highest BCUT2D eigenvalue weighted by Gasteiger charge is 2.29. The third-order valence-corrected chi connectivity index (χ3v) is 6.05. The average molecular weight is 341 g/mol. The maximum Gasteiger partial charge on any atom is 0.155 e. The van der Waals surface area contributed by atoms with Gasteiger partial charge in [-0.2, -0.15) is 0 Å². The van der Waals surface area contributed by atoms with Gasteiger partial charge < -0.3 is 4.90 Å². The zero-order valence-electron chi connectivity index (χ0n) is 14.9. The van der Waals surface area contributed by atoms with Gasteiger partial charge in [0.15, 0.2) is 5.78 Å². The molecule has 2 heteroatoms. The van der Waals surface area contributed by atoms with E-state index in [4.69, 9.17) is 0 Å². The molecule has 0 spiro atoms. The van der Waals surface area contributed by atoms with Gasteiger partial charge in [-0.05, 0) is 78.1 Å². The number of benzene rings is 2. The number of allylic oxidation sites excluding steroid dienone is 4. The number of ketones is 1. The molecule has 26 heavy (non-hydrogen) atoms. The summed E-state index contributed by atoms with van der Waals surface area (Å²) in [7, 11) is 0. The summed E-state index contributed by atoms with van der Waals surface area (Å²) >= 11 is 0. The monoisotopic (exact) mass is 341 g/mol. The molecule has 5 rings (SSSR count). The molecule has 0 radical (unpaired) electrons. The van der Waals surface area contributed by atoms with Crippen LogP contribution in [0.1, 0.15) is 31.2 Å². The Bertz CT molecular complexity index is 922. The molecule has 1 aliphatic heterocycles. The van der Waals surface area contributed by atoms with E-state index in [0.717, 1.165) is 32.2 Å². The number of anilines is 1. The normalized spacial score (nSPS) is 21.8. The van der Waals surface area contributed by atoms with Crippen LogP contribution < -0.4 is 4.90 Å². The number of carbonyl (C=O) groups is 1. The predicted molar refractivity (Wildman–Crippen MR) is 106 cm³/mol. The van der Waals surface area contributed by atoms with Crippen LogP contribution in [0.3, 0.4) is 0 Å². The van der Waals surface area contributed by atoms with Crippen molar-refractivity contribution >= 4 is 11.5 Å². The summed E-state index contributed by atoms with van der Waals surface area (Å²) in [6.07, 6.45) is 9.34. The van der Waals surface area contributed by atoms with Crippen molar-refractivity contribution < 1.29 is 4.79 Å². The molecule has 3 aliphatic rings. The Balaban J connectivity index is 1.46. The van der Waals surface area contributed by atoms with Gasteiger partial charge in [-0.1, -0.05) is 36.4 Å². The smallest absolute Gasteiger partial charge is 0.155 e. The van der Waals surface area contributed by atoms with E-state index < -0.39 is 0 Å². The predicted octanol–water partition coefficient (Wildman–Crippen LogP) is 5.30. The van der Waals surface area contributed by atoms with Crippen LogP contribution in [-0.2, 0) is 11.2 Å². The van der Waals surface area contributed by atoms with Crippen LogP contribution in [0.25, 0.3) is 11.1 Å². The summed E-state index contributed by atoms with van der Waals surface area (Å²) in [6, 6.07) is 17.5. The van der Waals surface area contributed by atoms with E-state index in [1.165, 1.54) is 40.1 Å². The highest BCUT2D eigenvalue weighted by Crippen LogP contribution is 2.40. The second-order valence-corrected chi connectivity index (χ2v) is 7.63. The molecule has 2 aliphatic carbocycles. The van der Waals surface area contributed by atoms with E-state index in [2.05, 4.69) is 59.5 Å². The molecule has 1 heterocycles. The lowest BCUT2D eigenvalue weighted by atomic mass is 9.79. The molecule has 130 valence electrons. The maximum absolute atomic E-state index is 11.8. The van der Waals surface area contributed by atoms with Gasteiger partial charge in [-0.25, -0.2) is 0 Å². The molecule has 0 saturated heterocycles. The molecule has 2 aromatic carbocycles. The first-order valence-electron chi connectivity index (χ1n) is 9.69. The van der Waals surface area contributed by atoms with Crippen LogP contribution in [0, 0.1) is 5.92 Å². The SMILES string of the molecule is O=C1C=C2C=C(N3CCc4cc(-c5ccccc5)ccc43)CCC2CC1. The van der Waals surface area contributed by atoms with E-state index >= 15 is 0 Å². The Hall–Kier alpha value is -2.61. The lowest BCUT2D eigenvalue weighted by Gasteiger charge is -2.32. The number of carbonyl (C=O) groups excluding carboxylic acids is 1. The van der Waals surface area contributed by atoms with Gasteiger partial charge >= 0.3 is 0 Å². The zero-order valence-corrected chi connectivity index (χ0v) is 14.9. The summed E-state index contributed by atoms with van der Waals surface area (Å²) in [4.78, 5) is 14.3. The van der Waals surface area contributed by atoms with E-state index in [1.54, 1.807) is 0 Å². The molecular weight excluding hydrogens is 318 g/mol. The summed E-state index contributed by atoms with van der Waals surface area (Å²) in [6.45, 7) is 1.05. The fourth-order valence-corrected chi connectivity index (χ4v) is 4.64. The van der Waals surface area contributed by atoms with E-state index in [0.29, 0.717) is 11.7 Å². The fourth-order valence-electron chi connectivity index (χ4n) is 4.64. The highest BCUT2D eigenvalue weighted by molar-refractivity contribution is 5.92. The van der Waals surface area contributed by atoms with Crippen LogP contribution in [0.4, 0.5) is 5.69 Å². The molecule has 0 fully saturated rings. The first kappa shape index (κ1) is 15.6. The summed E-state index contributed by atoms with van der Waals surface area (Å²) in [5.41, 5.74) is 7.99. The summed E-state index contributed by atoms with van der Waals surface area (Å²) in [5, 5.41) is 0. The first-order valence-corrected chi connectivity index (χ1v) is 9.69. The maximum atomic E-state index is 11.8. The first-order chi connectivity index (χ1) is 12.8. The van der Waals surface area contributed by atoms with Crippen molar-refractivity contribution in [3.63, 3.8) is 0 Å². The van der Waals surface area contributed by atoms with Gasteiger partial charge in [0.1, 0.15) is 0 Å². The molecule has 0 saturated carbocycles. The van der Waals surface area contributed by atoms with Crippen molar-refractivity contribution in [1.29, 1.82) is 0 Å². The zero-order chi connectivity index (χ0) is 17.5. The Morgan fingerprint density at radius 1 is 0.846 bits per heavy atom. The molecular formula is C24H23NO. The Labute approximate surface area is 154 Å². The largest absolute Gasteiger partial charge is 0.345 e. The molecule has 2 aromatic rings. The molecule has 1 unspecified atom stereocenters. The van der Waals surface area contributed by atoms with E-state index in [9.17, 15) is 4.79 Å². The van der Waals surface area contributed by atoms with E-state index in [1.807, 2.05) is 6.08 Å². The van der Waals surface area contributed by atoms with Crippen molar-refractivity contribution in [2.24, 2.45) is 5.92 Å². The van der Waals surface area contributed by atoms with Crippen LogP contribution in [0.2, 0.25) is 0 Å². The van der Waals surface area contributed by atoms with Crippen molar-refractivity contribution in [2.75, 3.05) is 11.4 Å². The van der Waals surface area contributed by atoms with E-state index in [-0.39, 0.29) is 0 Å². The topological polar surface area (TPSA) is 20.3 Å². The second-order valence-electron chi connectivity index (χ2n) is 7.63. The Kier molecular flexibility index (Phi) is 3.77. The minimum Gasteiger partial charge on any atom is -0.345 e. The van der Waals surface area contributed by atoms with Gasteiger partial charge in [0, 0.05) is 24.4 Å². The third kappa shape index (κ3) is 2.70. The van der Waals surface area contributed by atoms with Gasteiger partial charge in [0.25, 0.3) is 0 Å². The molecule has 1 atom stereocenters. The van der Waals surface area contributed by atoms with Gasteiger partial charge in [0.05, 0.1) is 0 Å². The molecule has 0 N–H and O–H groups in total. The average Bonchev–Trinajstić information content (AvgIpc) is 3.11.